The highest BCUT2D eigenvalue weighted by atomic mass is 19.1. The monoisotopic (exact) mass is 279 g/mol. The summed E-state index contributed by atoms with van der Waals surface area (Å²) in [6.07, 6.45) is 0. The third kappa shape index (κ3) is 2.30. The number of carbonyl (C=O) groups is 2. The molecule has 0 saturated heterocycles. The standard InChI is InChI=1S/C14H14FNO4/c1-8(18)11-12(9-2-4-10(15)5-3-9)16(6-7-17)14(20)13(11)19/h2-5,12,17,19H,6-7H2,1H3/t12-/m1/s1. The van der Waals surface area contributed by atoms with Crippen molar-refractivity contribution in [1.29, 1.82) is 0 Å². The molecule has 0 aliphatic carbocycles. The first kappa shape index (κ1) is 14.2. The van der Waals surface area contributed by atoms with E-state index in [0.717, 1.165) is 0 Å². The van der Waals surface area contributed by atoms with Crippen molar-refractivity contribution in [3.8, 4) is 0 Å². The van der Waals surface area contributed by atoms with Crippen LogP contribution in [-0.4, -0.2) is 40.0 Å². The first-order valence-corrected chi connectivity index (χ1v) is 6.08. The Morgan fingerprint density at radius 1 is 1.35 bits per heavy atom. The van der Waals surface area contributed by atoms with Crippen LogP contribution in [0.4, 0.5) is 4.39 Å². The van der Waals surface area contributed by atoms with Crippen LogP contribution in [-0.2, 0) is 9.59 Å². The van der Waals surface area contributed by atoms with Crippen LogP contribution in [0.25, 0.3) is 0 Å². The van der Waals surface area contributed by atoms with E-state index in [4.69, 9.17) is 5.11 Å². The highest BCUT2D eigenvalue weighted by Gasteiger charge is 2.41. The highest BCUT2D eigenvalue weighted by molar-refractivity contribution is 6.08. The molecule has 2 N–H and O–H groups in total. The van der Waals surface area contributed by atoms with Crippen LogP contribution in [0.3, 0.4) is 0 Å². The lowest BCUT2D eigenvalue weighted by atomic mass is 9.97. The summed E-state index contributed by atoms with van der Waals surface area (Å²) in [4.78, 5) is 24.8. The number of hydrogen-bond donors (Lipinski definition) is 2. The molecule has 0 radical (unpaired) electrons. The van der Waals surface area contributed by atoms with Gasteiger partial charge in [-0.15, -0.1) is 0 Å². The Morgan fingerprint density at radius 3 is 2.45 bits per heavy atom. The largest absolute Gasteiger partial charge is 0.503 e. The van der Waals surface area contributed by atoms with Crippen molar-refractivity contribution in [2.24, 2.45) is 0 Å². The molecule has 1 aromatic rings. The number of benzene rings is 1. The number of carbonyl (C=O) groups excluding carboxylic acids is 2. The van der Waals surface area contributed by atoms with E-state index in [1.807, 2.05) is 0 Å². The molecule has 1 amide bonds. The van der Waals surface area contributed by atoms with Gasteiger partial charge < -0.3 is 15.1 Å². The van der Waals surface area contributed by atoms with Crippen molar-refractivity contribution in [2.75, 3.05) is 13.2 Å². The SMILES string of the molecule is CC(=O)C1=C(O)C(=O)N(CCO)[C@@H]1c1ccc(F)cc1. The average Bonchev–Trinajstić information content (AvgIpc) is 2.65. The van der Waals surface area contributed by atoms with E-state index in [1.165, 1.54) is 36.1 Å². The molecule has 1 aromatic carbocycles. The van der Waals surface area contributed by atoms with Crippen LogP contribution in [0.15, 0.2) is 35.6 Å². The van der Waals surface area contributed by atoms with Gasteiger partial charge >= 0.3 is 0 Å². The van der Waals surface area contributed by atoms with E-state index < -0.39 is 29.3 Å². The molecule has 1 heterocycles. The maximum atomic E-state index is 13.0. The Kier molecular flexibility index (Phi) is 3.85. The maximum Gasteiger partial charge on any atom is 0.290 e. The molecule has 1 aliphatic rings. The molecule has 0 fully saturated rings. The van der Waals surface area contributed by atoms with Crippen molar-refractivity contribution < 1.29 is 24.2 Å². The lowest BCUT2D eigenvalue weighted by Crippen LogP contribution is -2.33. The number of ketones is 1. The highest BCUT2D eigenvalue weighted by Crippen LogP contribution is 2.37. The Balaban J connectivity index is 2.51. The van der Waals surface area contributed by atoms with E-state index in [1.54, 1.807) is 0 Å². The fraction of sp³-hybridized carbons (Fsp3) is 0.286. The lowest BCUT2D eigenvalue weighted by Gasteiger charge is -2.25. The number of Topliss-reactive ketones (excluding diaryl/α,β-unsaturated/α-hetero) is 1. The minimum atomic E-state index is -0.798. The zero-order valence-electron chi connectivity index (χ0n) is 10.8. The maximum absolute atomic E-state index is 13.0. The Hall–Kier alpha value is -2.21. The first-order valence-electron chi connectivity index (χ1n) is 6.08. The van der Waals surface area contributed by atoms with Crippen LogP contribution in [0.2, 0.25) is 0 Å². The minimum absolute atomic E-state index is 0.0261. The Morgan fingerprint density at radius 2 is 1.95 bits per heavy atom. The van der Waals surface area contributed by atoms with Gasteiger partial charge in [0.15, 0.2) is 11.5 Å². The topological polar surface area (TPSA) is 77.8 Å². The number of aliphatic hydroxyl groups excluding tert-OH is 2. The van der Waals surface area contributed by atoms with E-state index in [9.17, 15) is 19.1 Å². The number of rotatable bonds is 4. The molecule has 5 nitrogen and oxygen atoms in total. The molecule has 6 heteroatoms. The fourth-order valence-electron chi connectivity index (χ4n) is 2.34. The number of aliphatic hydroxyl groups is 2. The number of nitrogens with zero attached hydrogens (tertiary/aromatic N) is 1. The van der Waals surface area contributed by atoms with Crippen LogP contribution >= 0.6 is 0 Å². The molecular formula is C14H14FNO4. The third-order valence-electron chi connectivity index (χ3n) is 3.21. The van der Waals surface area contributed by atoms with Crippen molar-refractivity contribution in [3.05, 3.63) is 47.0 Å². The molecule has 20 heavy (non-hydrogen) atoms. The van der Waals surface area contributed by atoms with Crippen molar-refractivity contribution in [2.45, 2.75) is 13.0 Å². The van der Waals surface area contributed by atoms with Gasteiger partial charge in [0, 0.05) is 6.54 Å². The quantitative estimate of drug-likeness (QED) is 0.865. The first-order chi connectivity index (χ1) is 9.47. The molecule has 1 atom stereocenters. The van der Waals surface area contributed by atoms with Crippen LogP contribution in [0, 0.1) is 5.82 Å². The lowest BCUT2D eigenvalue weighted by molar-refractivity contribution is -0.129. The predicted octanol–water partition coefficient (Wildman–Crippen LogP) is 1.10. The van der Waals surface area contributed by atoms with Gasteiger partial charge in [0.1, 0.15) is 5.82 Å². The second-order valence-corrected chi connectivity index (χ2v) is 4.49. The molecular weight excluding hydrogens is 265 g/mol. The molecule has 2 rings (SSSR count). The summed E-state index contributed by atoms with van der Waals surface area (Å²) in [6.45, 7) is 0.918. The zero-order chi connectivity index (χ0) is 14.9. The molecule has 0 spiro atoms. The molecule has 0 unspecified atom stereocenters. The van der Waals surface area contributed by atoms with Gasteiger partial charge in [-0.05, 0) is 24.6 Å². The second kappa shape index (κ2) is 5.42. The average molecular weight is 279 g/mol. The Labute approximate surface area is 114 Å². The zero-order valence-corrected chi connectivity index (χ0v) is 10.8. The summed E-state index contributed by atoms with van der Waals surface area (Å²) in [5.41, 5.74) is 0.470. The molecule has 0 bridgehead atoms. The van der Waals surface area contributed by atoms with Gasteiger partial charge in [0.25, 0.3) is 5.91 Å². The summed E-state index contributed by atoms with van der Waals surface area (Å²) in [5.74, 6) is -2.20. The summed E-state index contributed by atoms with van der Waals surface area (Å²) in [7, 11) is 0. The number of hydrogen-bond acceptors (Lipinski definition) is 4. The third-order valence-corrected chi connectivity index (χ3v) is 3.21. The van der Waals surface area contributed by atoms with Gasteiger partial charge in [-0.2, -0.15) is 0 Å². The van der Waals surface area contributed by atoms with Gasteiger partial charge in [0.05, 0.1) is 18.2 Å². The predicted molar refractivity (Wildman–Crippen MR) is 68.3 cm³/mol. The van der Waals surface area contributed by atoms with Gasteiger partial charge in [-0.1, -0.05) is 12.1 Å². The number of β-amino-alcohol motifs (C(OH)–C–C–N with tert-alkyl or cyclic N) is 1. The normalized spacial score (nSPS) is 18.9. The second-order valence-electron chi connectivity index (χ2n) is 4.49. The van der Waals surface area contributed by atoms with Crippen LogP contribution in [0.1, 0.15) is 18.5 Å². The summed E-state index contributed by atoms with van der Waals surface area (Å²) < 4.78 is 13.0. The van der Waals surface area contributed by atoms with E-state index >= 15 is 0 Å². The van der Waals surface area contributed by atoms with E-state index in [0.29, 0.717) is 5.56 Å². The van der Waals surface area contributed by atoms with Crippen LogP contribution < -0.4 is 0 Å². The summed E-state index contributed by atoms with van der Waals surface area (Å²) in [5, 5.41) is 18.8. The molecule has 1 aliphatic heterocycles. The van der Waals surface area contributed by atoms with Crippen LogP contribution in [0.5, 0.6) is 0 Å². The van der Waals surface area contributed by atoms with Gasteiger partial charge in [-0.25, -0.2) is 4.39 Å². The fourth-order valence-corrected chi connectivity index (χ4v) is 2.34. The number of amides is 1. The van der Waals surface area contributed by atoms with Gasteiger partial charge in [0.2, 0.25) is 0 Å². The molecule has 0 aromatic heterocycles. The van der Waals surface area contributed by atoms with Crippen molar-refractivity contribution in [3.63, 3.8) is 0 Å². The summed E-state index contributed by atoms with van der Waals surface area (Å²) >= 11 is 0. The molecule has 106 valence electrons. The minimum Gasteiger partial charge on any atom is -0.503 e. The van der Waals surface area contributed by atoms with Crippen molar-refractivity contribution in [1.82, 2.24) is 4.90 Å². The Bertz CT molecular complexity index is 579. The van der Waals surface area contributed by atoms with Crippen molar-refractivity contribution >= 4 is 11.7 Å². The van der Waals surface area contributed by atoms with Gasteiger partial charge in [-0.3, -0.25) is 9.59 Å². The summed E-state index contributed by atoms with van der Waals surface area (Å²) in [6, 6.07) is 4.51. The molecule has 0 saturated carbocycles. The van der Waals surface area contributed by atoms with E-state index in [-0.39, 0.29) is 18.7 Å². The number of halogens is 1. The van der Waals surface area contributed by atoms with E-state index in [2.05, 4.69) is 0 Å². The smallest absolute Gasteiger partial charge is 0.290 e.